The van der Waals surface area contributed by atoms with E-state index in [4.69, 9.17) is 45.9 Å². The van der Waals surface area contributed by atoms with Gasteiger partial charge >= 0.3 is 65.4 Å². The molecule has 376 valence electrons. The van der Waals surface area contributed by atoms with Crippen LogP contribution in [0.5, 0.6) is 0 Å². The van der Waals surface area contributed by atoms with Crippen LogP contribution in [0.25, 0.3) is 0 Å². The second-order valence-electron chi connectivity index (χ2n) is 13.9. The lowest BCUT2D eigenvalue weighted by Crippen LogP contribution is -2.42. The van der Waals surface area contributed by atoms with Gasteiger partial charge in [0.05, 0.1) is 12.3 Å². The number of carboxylic acid groups (broad SMARTS) is 1. The Bertz CT molecular complexity index is 1610. The molecule has 0 aromatic carbocycles. The van der Waals surface area contributed by atoms with Gasteiger partial charge in [0.15, 0.2) is 6.10 Å². The molecule has 1 aliphatic rings. The van der Waals surface area contributed by atoms with E-state index in [2.05, 4.69) is 54.0 Å². The van der Waals surface area contributed by atoms with Gasteiger partial charge in [0.2, 0.25) is 0 Å². The molecule has 0 amide bonds. The van der Waals surface area contributed by atoms with E-state index in [0.29, 0.717) is 18.9 Å². The van der Waals surface area contributed by atoms with E-state index >= 15 is 0 Å². The van der Waals surface area contributed by atoms with Gasteiger partial charge < -0.3 is 65.2 Å². The number of aliphatic hydroxyl groups is 1. The van der Waals surface area contributed by atoms with Gasteiger partial charge in [-0.15, -0.1) is 0 Å². The predicted molar refractivity (Wildman–Crippen MR) is 238 cm³/mol. The van der Waals surface area contributed by atoms with Crippen LogP contribution < -0.4 is 0 Å². The number of esters is 7. The molecule has 0 aliphatic carbocycles. The van der Waals surface area contributed by atoms with Crippen molar-refractivity contribution in [3.8, 4) is 0 Å². The molecule has 0 spiro atoms. The standard InChI is InChI=1S/C15H18O8.C11H16O5.C10H18O6Si.C6H16O3Si/c1-8(2)13(18)21-6-11(7-22-14(19)9(3)4)23-15(20)10(5)12(16)17;1-7(2)10(13)15-5-9(12)6-16-11(14)8(3)4;1-13-17(14-2,15-3)6-4-5-8-7-9(11)16-10(8)12;1-5-6-10(7-2,8-3)9-4/h11H,1,3,5-7H2,2,4H3,(H,16,17);9,12H,1,3,5-6H2,2,4H3;8H,4-7H2,1-3H3;5-6H2,1-4H3. The molecule has 24 heteroatoms. The fraction of sp³-hybridized carbons (Fsp3) is 0.571. The lowest BCUT2D eigenvalue weighted by molar-refractivity contribution is -0.162. The zero-order valence-electron chi connectivity index (χ0n) is 39.9. The number of hydrogen-bond acceptors (Lipinski definition) is 21. The molecule has 22 nitrogen and oxygen atoms in total. The Labute approximate surface area is 388 Å². The van der Waals surface area contributed by atoms with E-state index < -0.39 is 96.4 Å². The van der Waals surface area contributed by atoms with Crippen molar-refractivity contribution >= 4 is 65.4 Å². The van der Waals surface area contributed by atoms with Crippen LogP contribution >= 0.6 is 0 Å². The maximum Gasteiger partial charge on any atom is 0.500 e. The summed E-state index contributed by atoms with van der Waals surface area (Å²) in [5.74, 6) is -6.64. The first-order valence-corrected chi connectivity index (χ1v) is 23.7. The van der Waals surface area contributed by atoms with Crippen molar-refractivity contribution in [3.05, 3.63) is 60.8 Å². The van der Waals surface area contributed by atoms with E-state index in [1.807, 2.05) is 0 Å². The van der Waals surface area contributed by atoms with Crippen LogP contribution in [0.15, 0.2) is 60.8 Å². The Morgan fingerprint density at radius 1 is 0.621 bits per heavy atom. The highest BCUT2D eigenvalue weighted by Crippen LogP contribution is 2.25. The van der Waals surface area contributed by atoms with E-state index in [0.717, 1.165) is 12.5 Å². The van der Waals surface area contributed by atoms with Crippen LogP contribution in [0.4, 0.5) is 0 Å². The number of carboxylic acids is 1. The van der Waals surface area contributed by atoms with Crippen LogP contribution in [0, 0.1) is 5.92 Å². The monoisotopic (exact) mass is 980 g/mol. The van der Waals surface area contributed by atoms with Crippen LogP contribution in [0.3, 0.4) is 0 Å². The Morgan fingerprint density at radius 2 is 0.970 bits per heavy atom. The average molecular weight is 981 g/mol. The molecule has 1 unspecified atom stereocenters. The first-order valence-electron chi connectivity index (χ1n) is 19.9. The van der Waals surface area contributed by atoms with Gasteiger partial charge in [-0.2, -0.15) is 0 Å². The lowest BCUT2D eigenvalue weighted by atomic mass is 10.0. The number of carbonyl (C=O) groups excluding carboxylic acids is 7. The molecule has 0 bridgehead atoms. The first-order chi connectivity index (χ1) is 30.7. The van der Waals surface area contributed by atoms with E-state index in [9.17, 15) is 43.5 Å². The highest BCUT2D eigenvalue weighted by molar-refractivity contribution is 6.60. The molecule has 2 N–H and O–H groups in total. The Kier molecular flexibility index (Phi) is 34.6. The average Bonchev–Trinajstić information content (AvgIpc) is 3.61. The van der Waals surface area contributed by atoms with Crippen molar-refractivity contribution in [2.45, 2.75) is 84.6 Å². The van der Waals surface area contributed by atoms with Crippen molar-refractivity contribution < 1.29 is 104 Å². The van der Waals surface area contributed by atoms with Crippen LogP contribution in [0.1, 0.15) is 60.3 Å². The normalized spacial score (nSPS) is 12.9. The smallest absolute Gasteiger partial charge is 0.477 e. The lowest BCUT2D eigenvalue weighted by Gasteiger charge is -2.24. The van der Waals surface area contributed by atoms with Crippen molar-refractivity contribution in [1.29, 1.82) is 0 Å². The van der Waals surface area contributed by atoms with Crippen molar-refractivity contribution in [2.24, 2.45) is 5.92 Å². The van der Waals surface area contributed by atoms with Gasteiger partial charge in [-0.3, -0.25) is 9.59 Å². The number of aliphatic hydroxyl groups excluding tert-OH is 1. The minimum absolute atomic E-state index is 0.115. The largest absolute Gasteiger partial charge is 0.500 e. The Morgan fingerprint density at radius 3 is 1.24 bits per heavy atom. The second kappa shape index (κ2) is 35.1. The summed E-state index contributed by atoms with van der Waals surface area (Å²) in [6.45, 7) is 23.1. The Balaban J connectivity index is -0.000000831. The zero-order chi connectivity index (χ0) is 51.8. The molecular weight excluding hydrogens is 913 g/mol. The summed E-state index contributed by atoms with van der Waals surface area (Å²) in [6, 6.07) is 1.50. The van der Waals surface area contributed by atoms with E-state index in [-0.39, 0.29) is 47.8 Å². The zero-order valence-corrected chi connectivity index (χ0v) is 41.9. The molecule has 0 radical (unpaired) electrons. The SMILES string of the molecule is C=C(C)C(=O)OCC(COC(=O)C(=C)C)OC(=O)C(=C)C(=O)O.C=C(C)C(=O)OCC(O)COC(=O)C(=C)C.CCC[Si](OC)(OC)OC.CO[Si](CCCC1CC(=O)OC1=O)(OC)OC. The van der Waals surface area contributed by atoms with Gasteiger partial charge in [-0.1, -0.05) is 46.2 Å². The van der Waals surface area contributed by atoms with Crippen molar-refractivity contribution in [3.63, 3.8) is 0 Å². The van der Waals surface area contributed by atoms with Crippen molar-refractivity contribution in [1.82, 2.24) is 0 Å². The topological polar surface area (TPSA) is 288 Å². The minimum atomic E-state index is -2.57. The van der Waals surface area contributed by atoms with Crippen molar-refractivity contribution in [2.75, 3.05) is 69.1 Å². The number of cyclic esters (lactones) is 2. The fourth-order valence-electron chi connectivity index (χ4n) is 4.37. The van der Waals surface area contributed by atoms with E-state index in [1.54, 1.807) is 42.7 Å². The predicted octanol–water partition coefficient (Wildman–Crippen LogP) is 3.37. The van der Waals surface area contributed by atoms with Gasteiger partial charge in [-0.05, 0) is 40.5 Å². The van der Waals surface area contributed by atoms with Gasteiger partial charge in [0, 0.05) is 77.0 Å². The molecule has 0 aromatic heterocycles. The van der Waals surface area contributed by atoms with Gasteiger partial charge in [0.25, 0.3) is 0 Å². The maximum absolute atomic E-state index is 11.5. The molecule has 66 heavy (non-hydrogen) atoms. The number of rotatable bonds is 27. The minimum Gasteiger partial charge on any atom is -0.477 e. The molecule has 0 saturated carbocycles. The first kappa shape index (κ1) is 65.1. The number of carbonyl (C=O) groups is 8. The molecule has 1 aliphatic heterocycles. The molecule has 1 rings (SSSR count). The number of ether oxygens (including phenoxy) is 6. The third-order valence-electron chi connectivity index (χ3n) is 8.20. The van der Waals surface area contributed by atoms with Crippen LogP contribution in [-0.4, -0.2) is 157 Å². The highest BCUT2D eigenvalue weighted by atomic mass is 28.4. The molecule has 1 saturated heterocycles. The third-order valence-corrected chi connectivity index (χ3v) is 14.0. The second-order valence-corrected chi connectivity index (χ2v) is 20.1. The molecule has 1 atom stereocenters. The summed E-state index contributed by atoms with van der Waals surface area (Å²) in [4.78, 5) is 88.8. The molecule has 1 heterocycles. The fourth-order valence-corrected chi connectivity index (χ4v) is 7.85. The third kappa shape index (κ3) is 28.0. The summed E-state index contributed by atoms with van der Waals surface area (Å²) in [6.07, 6.45) is 0.253. The summed E-state index contributed by atoms with van der Waals surface area (Å²) in [5, 5.41) is 17.9. The van der Waals surface area contributed by atoms with Gasteiger partial charge in [0.1, 0.15) is 38.1 Å². The Hall–Kier alpha value is -5.19. The molecule has 0 aromatic rings. The van der Waals surface area contributed by atoms with Gasteiger partial charge in [-0.25, -0.2) is 28.8 Å². The highest BCUT2D eigenvalue weighted by Gasteiger charge is 2.39. The number of aliphatic carboxylic acids is 1. The summed E-state index contributed by atoms with van der Waals surface area (Å²) in [7, 11) is 4.76. The summed E-state index contributed by atoms with van der Waals surface area (Å²) < 4.78 is 59.5. The molecule has 1 fully saturated rings. The summed E-state index contributed by atoms with van der Waals surface area (Å²) in [5.41, 5.74) is -0.0994. The van der Waals surface area contributed by atoms with Crippen LogP contribution in [-0.2, 0) is 93.3 Å². The van der Waals surface area contributed by atoms with E-state index in [1.165, 1.54) is 27.7 Å². The maximum atomic E-state index is 11.5. The quantitative estimate of drug-likeness (QED) is 0.0298. The van der Waals surface area contributed by atoms with Crippen LogP contribution in [0.2, 0.25) is 12.1 Å². The molecular formula is C42H68O22Si2. The number of hydrogen-bond donors (Lipinski definition) is 2. The summed E-state index contributed by atoms with van der Waals surface area (Å²) >= 11 is 0.